The lowest BCUT2D eigenvalue weighted by atomic mass is 10.0. The lowest BCUT2D eigenvalue weighted by Gasteiger charge is -2.08. The maximum atomic E-state index is 13.7. The van der Waals surface area contributed by atoms with E-state index >= 15 is 0 Å². The summed E-state index contributed by atoms with van der Waals surface area (Å²) in [5.74, 6) is -0.704. The first-order chi connectivity index (χ1) is 11.1. The number of nitrogens with zero attached hydrogens (tertiary/aromatic N) is 2. The van der Waals surface area contributed by atoms with E-state index in [-0.39, 0.29) is 11.6 Å². The van der Waals surface area contributed by atoms with Crippen LogP contribution in [0.3, 0.4) is 0 Å². The number of nitrogens with one attached hydrogen (secondary N) is 1. The largest absolute Gasteiger partial charge is 0.410 e. The molecule has 0 saturated heterocycles. The lowest BCUT2D eigenvalue weighted by molar-refractivity contribution is -0.112. The molecule has 2 aromatic carbocycles. The second-order valence-corrected chi connectivity index (χ2v) is 5.39. The Hall–Kier alpha value is -3.15. The first-order valence-corrected chi connectivity index (χ1v) is 7.03. The SMILES string of the molecule is CN1C(=O)/C(=C2\Nc3ccccc3\C2=N/O)c2cc(F)ccc21. The second-order valence-electron chi connectivity index (χ2n) is 5.39. The number of benzene rings is 2. The van der Waals surface area contributed by atoms with Crippen LogP contribution in [-0.2, 0) is 4.79 Å². The van der Waals surface area contributed by atoms with Gasteiger partial charge < -0.3 is 15.4 Å². The third-order valence-corrected chi connectivity index (χ3v) is 4.14. The van der Waals surface area contributed by atoms with Crippen molar-refractivity contribution < 1.29 is 14.4 Å². The molecule has 2 heterocycles. The number of carbonyl (C=O) groups excluding carboxylic acids is 1. The maximum Gasteiger partial charge on any atom is 0.260 e. The predicted octanol–water partition coefficient (Wildman–Crippen LogP) is 2.82. The van der Waals surface area contributed by atoms with Crippen LogP contribution < -0.4 is 10.2 Å². The predicted molar refractivity (Wildman–Crippen MR) is 85.1 cm³/mol. The van der Waals surface area contributed by atoms with Gasteiger partial charge in [0.15, 0.2) is 0 Å². The summed E-state index contributed by atoms with van der Waals surface area (Å²) in [7, 11) is 1.63. The minimum Gasteiger partial charge on any atom is -0.410 e. The fraction of sp³-hybridized carbons (Fsp3) is 0.0588. The maximum absolute atomic E-state index is 13.7. The minimum absolute atomic E-state index is 0.273. The zero-order valence-electron chi connectivity index (χ0n) is 12.2. The molecule has 2 aromatic rings. The molecule has 2 aliphatic heterocycles. The van der Waals surface area contributed by atoms with Gasteiger partial charge in [-0.1, -0.05) is 23.4 Å². The van der Waals surface area contributed by atoms with Crippen LogP contribution in [-0.4, -0.2) is 23.9 Å². The number of likely N-dealkylation sites (N-methyl/N-ethyl adjacent to an activating group) is 1. The first-order valence-electron chi connectivity index (χ1n) is 7.03. The van der Waals surface area contributed by atoms with Crippen LogP contribution >= 0.6 is 0 Å². The zero-order chi connectivity index (χ0) is 16.1. The molecule has 0 saturated carbocycles. The number of oxime groups is 1. The van der Waals surface area contributed by atoms with E-state index in [0.717, 1.165) is 5.69 Å². The molecule has 2 aliphatic rings. The standard InChI is InChI=1S/C17H12FN3O2/c1-21-13-7-6-9(18)8-11(13)14(17(21)22)16-15(20-23)10-4-2-3-5-12(10)19-16/h2-8,19,23H,1H3/b16-14-,20-15+. The monoisotopic (exact) mass is 309 g/mol. The summed E-state index contributed by atoms with van der Waals surface area (Å²) >= 11 is 0. The molecule has 0 spiro atoms. The van der Waals surface area contributed by atoms with Crippen molar-refractivity contribution >= 4 is 28.6 Å². The number of anilines is 2. The molecule has 6 heteroatoms. The molecular weight excluding hydrogens is 297 g/mol. The summed E-state index contributed by atoms with van der Waals surface area (Å²) < 4.78 is 13.7. The van der Waals surface area contributed by atoms with Crippen LogP contribution in [0.15, 0.2) is 53.3 Å². The third-order valence-electron chi connectivity index (χ3n) is 4.14. The fourth-order valence-corrected chi connectivity index (χ4v) is 3.05. The molecule has 0 unspecified atom stereocenters. The summed E-state index contributed by atoms with van der Waals surface area (Å²) in [5, 5.41) is 15.9. The lowest BCUT2D eigenvalue weighted by Crippen LogP contribution is -2.22. The molecule has 0 atom stereocenters. The van der Waals surface area contributed by atoms with Crippen LogP contribution in [0.2, 0.25) is 0 Å². The molecule has 1 amide bonds. The number of carbonyl (C=O) groups is 1. The van der Waals surface area contributed by atoms with Crippen LogP contribution in [0.1, 0.15) is 11.1 Å². The molecule has 2 N–H and O–H groups in total. The highest BCUT2D eigenvalue weighted by Gasteiger charge is 2.37. The average molecular weight is 309 g/mol. The van der Waals surface area contributed by atoms with E-state index in [1.807, 2.05) is 18.2 Å². The molecule has 5 nitrogen and oxygen atoms in total. The van der Waals surface area contributed by atoms with Gasteiger partial charge in [-0.15, -0.1) is 0 Å². The van der Waals surface area contributed by atoms with Crippen LogP contribution in [0.25, 0.3) is 5.57 Å². The van der Waals surface area contributed by atoms with E-state index in [4.69, 9.17) is 0 Å². The zero-order valence-corrected chi connectivity index (χ0v) is 12.2. The van der Waals surface area contributed by atoms with Gasteiger partial charge in [0.2, 0.25) is 0 Å². The van der Waals surface area contributed by atoms with Crippen molar-refractivity contribution in [2.45, 2.75) is 0 Å². The Morgan fingerprint density at radius 1 is 1.17 bits per heavy atom. The van der Waals surface area contributed by atoms with Gasteiger partial charge in [-0.2, -0.15) is 0 Å². The van der Waals surface area contributed by atoms with Gasteiger partial charge in [0.25, 0.3) is 5.91 Å². The Kier molecular flexibility index (Phi) is 2.74. The van der Waals surface area contributed by atoms with E-state index in [2.05, 4.69) is 10.5 Å². The number of rotatable bonds is 0. The normalized spacial score (nSPS) is 20.7. The number of para-hydroxylation sites is 1. The van der Waals surface area contributed by atoms with Gasteiger partial charge in [-0.25, -0.2) is 4.39 Å². The van der Waals surface area contributed by atoms with Gasteiger partial charge in [-0.05, 0) is 24.3 Å². The molecule has 0 bridgehead atoms. The molecular formula is C17H12FN3O2. The third kappa shape index (κ3) is 1.78. The van der Waals surface area contributed by atoms with Crippen molar-refractivity contribution in [3.63, 3.8) is 0 Å². The highest BCUT2D eigenvalue weighted by Crippen LogP contribution is 2.41. The molecule has 0 aromatic heterocycles. The molecule has 0 aliphatic carbocycles. The van der Waals surface area contributed by atoms with E-state index in [1.54, 1.807) is 19.2 Å². The van der Waals surface area contributed by atoms with Crippen molar-refractivity contribution in [1.29, 1.82) is 0 Å². The Morgan fingerprint density at radius 2 is 1.96 bits per heavy atom. The quantitative estimate of drug-likeness (QED) is 0.447. The van der Waals surface area contributed by atoms with Crippen molar-refractivity contribution in [2.24, 2.45) is 5.16 Å². The van der Waals surface area contributed by atoms with Crippen molar-refractivity contribution in [1.82, 2.24) is 0 Å². The number of hydrogen-bond acceptors (Lipinski definition) is 4. The Balaban J connectivity index is 2.00. The minimum atomic E-state index is -0.428. The topological polar surface area (TPSA) is 64.9 Å². The van der Waals surface area contributed by atoms with E-state index in [9.17, 15) is 14.4 Å². The van der Waals surface area contributed by atoms with Gasteiger partial charge in [-0.3, -0.25) is 4.79 Å². The van der Waals surface area contributed by atoms with Crippen LogP contribution in [0, 0.1) is 5.82 Å². The summed E-state index contributed by atoms with van der Waals surface area (Å²) in [6, 6.07) is 11.5. The number of allylic oxidation sites excluding steroid dienone is 1. The summed E-state index contributed by atoms with van der Waals surface area (Å²) in [4.78, 5) is 14.1. The number of fused-ring (bicyclic) bond motifs is 2. The van der Waals surface area contributed by atoms with Crippen molar-refractivity contribution in [2.75, 3.05) is 17.3 Å². The molecule has 0 radical (unpaired) electrons. The van der Waals surface area contributed by atoms with Crippen molar-refractivity contribution in [3.05, 3.63) is 65.1 Å². The van der Waals surface area contributed by atoms with Gasteiger partial charge in [0, 0.05) is 23.9 Å². The number of amides is 1. The number of halogens is 1. The smallest absolute Gasteiger partial charge is 0.260 e. The molecule has 0 fully saturated rings. The Morgan fingerprint density at radius 3 is 2.74 bits per heavy atom. The molecule has 23 heavy (non-hydrogen) atoms. The van der Waals surface area contributed by atoms with Gasteiger partial charge >= 0.3 is 0 Å². The summed E-state index contributed by atoms with van der Waals surface area (Å²) in [6.07, 6.45) is 0. The van der Waals surface area contributed by atoms with Crippen LogP contribution in [0.5, 0.6) is 0 Å². The number of hydrogen-bond donors (Lipinski definition) is 2. The Labute approximate surface area is 131 Å². The summed E-state index contributed by atoms with van der Waals surface area (Å²) in [6.45, 7) is 0. The van der Waals surface area contributed by atoms with Crippen molar-refractivity contribution in [3.8, 4) is 0 Å². The highest BCUT2D eigenvalue weighted by molar-refractivity contribution is 6.40. The fourth-order valence-electron chi connectivity index (χ4n) is 3.05. The summed E-state index contributed by atoms with van der Waals surface area (Å²) in [5.41, 5.74) is 3.49. The average Bonchev–Trinajstić information content (AvgIpc) is 3.03. The molecule has 114 valence electrons. The van der Waals surface area contributed by atoms with E-state index < -0.39 is 5.82 Å². The van der Waals surface area contributed by atoms with Crippen LogP contribution in [0.4, 0.5) is 15.8 Å². The van der Waals surface area contributed by atoms with E-state index in [1.165, 1.54) is 17.0 Å². The molecule has 4 rings (SSSR count). The van der Waals surface area contributed by atoms with Gasteiger partial charge in [0.1, 0.15) is 11.5 Å². The Bertz CT molecular complexity index is 918. The second kappa shape index (κ2) is 4.67. The highest BCUT2D eigenvalue weighted by atomic mass is 19.1. The van der Waals surface area contributed by atoms with E-state index in [0.29, 0.717) is 28.1 Å². The van der Waals surface area contributed by atoms with Gasteiger partial charge in [0.05, 0.1) is 17.0 Å². The first kappa shape index (κ1) is 13.5.